The van der Waals surface area contributed by atoms with Gasteiger partial charge < -0.3 is 14.4 Å². The van der Waals surface area contributed by atoms with Gasteiger partial charge in [-0.25, -0.2) is 13.2 Å². The maximum atomic E-state index is 13.0. The molecule has 3 rings (SSSR count). The minimum Gasteiger partial charge on any atom is -0.495 e. The molecule has 31 heavy (non-hydrogen) atoms. The summed E-state index contributed by atoms with van der Waals surface area (Å²) in [7, 11) is -0.797. The maximum absolute atomic E-state index is 13.0. The molecule has 9 heteroatoms. The lowest BCUT2D eigenvalue weighted by molar-refractivity contribution is -0.133. The number of hydrogen-bond acceptors (Lipinski definition) is 6. The first-order valence-corrected chi connectivity index (χ1v) is 11.4. The van der Waals surface area contributed by atoms with E-state index in [0.29, 0.717) is 19.6 Å². The van der Waals surface area contributed by atoms with Gasteiger partial charge in [0.15, 0.2) is 6.61 Å². The molecule has 1 aliphatic rings. The van der Waals surface area contributed by atoms with Gasteiger partial charge in [-0.1, -0.05) is 30.3 Å². The van der Waals surface area contributed by atoms with Crippen LogP contribution in [0.15, 0.2) is 53.4 Å². The second-order valence-corrected chi connectivity index (χ2v) is 9.19. The van der Waals surface area contributed by atoms with E-state index in [4.69, 9.17) is 9.47 Å². The third-order valence-corrected chi connectivity index (χ3v) is 7.02. The molecule has 0 saturated carbocycles. The molecule has 2 aromatic rings. The van der Waals surface area contributed by atoms with Crippen LogP contribution in [0.1, 0.15) is 28.8 Å². The van der Waals surface area contributed by atoms with E-state index in [9.17, 15) is 18.0 Å². The van der Waals surface area contributed by atoms with Crippen molar-refractivity contribution < 1.29 is 27.5 Å². The predicted octanol–water partition coefficient (Wildman–Crippen LogP) is 2.30. The number of carbonyl (C=O) groups excluding carboxylic acids is 2. The van der Waals surface area contributed by atoms with Crippen LogP contribution in [0.5, 0.6) is 5.75 Å². The van der Waals surface area contributed by atoms with E-state index in [1.54, 1.807) is 7.05 Å². The van der Waals surface area contributed by atoms with Gasteiger partial charge in [0.25, 0.3) is 5.91 Å². The lowest BCUT2D eigenvalue weighted by Crippen LogP contribution is -2.31. The lowest BCUT2D eigenvalue weighted by Gasteiger charge is -2.19. The Morgan fingerprint density at radius 3 is 2.39 bits per heavy atom. The molecular formula is C22H26N2O6S. The fourth-order valence-electron chi connectivity index (χ4n) is 3.34. The van der Waals surface area contributed by atoms with Gasteiger partial charge in [-0.05, 0) is 36.6 Å². The number of sulfonamides is 1. The Morgan fingerprint density at radius 1 is 1.06 bits per heavy atom. The van der Waals surface area contributed by atoms with Crippen LogP contribution in [0.25, 0.3) is 0 Å². The molecule has 0 atom stereocenters. The first-order valence-electron chi connectivity index (χ1n) is 9.96. The number of likely N-dealkylation sites (N-methyl/N-ethyl adjacent to an activating group) is 1. The average molecular weight is 447 g/mol. The van der Waals surface area contributed by atoms with Crippen molar-refractivity contribution >= 4 is 21.9 Å². The van der Waals surface area contributed by atoms with E-state index in [2.05, 4.69) is 0 Å². The molecule has 1 saturated heterocycles. The fraction of sp³-hybridized carbons (Fsp3) is 0.364. The van der Waals surface area contributed by atoms with Gasteiger partial charge in [-0.15, -0.1) is 0 Å². The largest absolute Gasteiger partial charge is 0.495 e. The number of amides is 1. The van der Waals surface area contributed by atoms with E-state index in [-0.39, 0.29) is 22.1 Å². The highest BCUT2D eigenvalue weighted by Gasteiger charge is 2.31. The zero-order chi connectivity index (χ0) is 22.4. The molecule has 0 radical (unpaired) electrons. The molecule has 1 heterocycles. The molecule has 0 aromatic heterocycles. The topological polar surface area (TPSA) is 93.2 Å². The van der Waals surface area contributed by atoms with Gasteiger partial charge in [0.1, 0.15) is 10.6 Å². The fourth-order valence-corrected chi connectivity index (χ4v) is 5.04. The molecule has 1 amide bonds. The highest BCUT2D eigenvalue weighted by molar-refractivity contribution is 7.89. The zero-order valence-corrected chi connectivity index (χ0v) is 18.4. The molecule has 0 aliphatic carbocycles. The lowest BCUT2D eigenvalue weighted by atomic mass is 10.2. The van der Waals surface area contributed by atoms with E-state index >= 15 is 0 Å². The van der Waals surface area contributed by atoms with Crippen LogP contribution in [-0.2, 0) is 26.1 Å². The molecule has 1 aliphatic heterocycles. The highest BCUT2D eigenvalue weighted by Crippen LogP contribution is 2.30. The smallest absolute Gasteiger partial charge is 0.338 e. The molecule has 2 aromatic carbocycles. The van der Waals surface area contributed by atoms with Crippen molar-refractivity contribution in [2.45, 2.75) is 24.3 Å². The quantitative estimate of drug-likeness (QED) is 0.578. The van der Waals surface area contributed by atoms with Crippen LogP contribution >= 0.6 is 0 Å². The number of benzene rings is 2. The second-order valence-electron chi connectivity index (χ2n) is 7.29. The van der Waals surface area contributed by atoms with Gasteiger partial charge in [0, 0.05) is 26.7 Å². The normalized spacial score (nSPS) is 14.3. The highest BCUT2D eigenvalue weighted by atomic mass is 32.2. The van der Waals surface area contributed by atoms with Crippen LogP contribution in [-0.4, -0.2) is 63.4 Å². The first kappa shape index (κ1) is 22.8. The van der Waals surface area contributed by atoms with Crippen LogP contribution in [0.3, 0.4) is 0 Å². The van der Waals surface area contributed by atoms with Crippen LogP contribution in [0.4, 0.5) is 0 Å². The van der Waals surface area contributed by atoms with Crippen LogP contribution < -0.4 is 4.74 Å². The Morgan fingerprint density at radius 2 is 1.74 bits per heavy atom. The molecule has 0 unspecified atom stereocenters. The molecule has 0 N–H and O–H groups in total. The predicted molar refractivity (Wildman–Crippen MR) is 114 cm³/mol. The van der Waals surface area contributed by atoms with E-state index in [0.717, 1.165) is 18.4 Å². The summed E-state index contributed by atoms with van der Waals surface area (Å²) in [6, 6.07) is 13.5. The minimum atomic E-state index is -3.79. The zero-order valence-electron chi connectivity index (χ0n) is 17.6. The van der Waals surface area contributed by atoms with E-state index in [1.807, 2.05) is 30.3 Å². The molecule has 1 fully saturated rings. The van der Waals surface area contributed by atoms with Crippen molar-refractivity contribution in [1.29, 1.82) is 0 Å². The summed E-state index contributed by atoms with van der Waals surface area (Å²) < 4.78 is 37.6. The van der Waals surface area contributed by atoms with Gasteiger partial charge in [-0.3, -0.25) is 4.79 Å². The van der Waals surface area contributed by atoms with Gasteiger partial charge in [0.2, 0.25) is 10.0 Å². The number of nitrogens with zero attached hydrogens (tertiary/aromatic N) is 2. The molecular weight excluding hydrogens is 420 g/mol. The summed E-state index contributed by atoms with van der Waals surface area (Å²) in [5.74, 6) is -0.986. The minimum absolute atomic E-state index is 0.0390. The van der Waals surface area contributed by atoms with Crippen molar-refractivity contribution in [3.05, 3.63) is 59.7 Å². The van der Waals surface area contributed by atoms with Gasteiger partial charge in [0.05, 0.1) is 12.7 Å². The molecule has 0 bridgehead atoms. The molecule has 8 nitrogen and oxygen atoms in total. The average Bonchev–Trinajstić information content (AvgIpc) is 3.33. The van der Waals surface area contributed by atoms with E-state index < -0.39 is 22.6 Å². The number of methoxy groups -OCH3 is 1. The monoisotopic (exact) mass is 446 g/mol. The third kappa shape index (κ3) is 5.42. The Bertz CT molecular complexity index is 1030. The number of rotatable bonds is 8. The number of carbonyl (C=O) groups is 2. The van der Waals surface area contributed by atoms with Gasteiger partial charge in [-0.2, -0.15) is 4.31 Å². The van der Waals surface area contributed by atoms with Crippen molar-refractivity contribution in [2.24, 2.45) is 0 Å². The molecule has 0 spiro atoms. The summed E-state index contributed by atoms with van der Waals surface area (Å²) >= 11 is 0. The van der Waals surface area contributed by atoms with Crippen molar-refractivity contribution in [2.75, 3.05) is 33.9 Å². The summed E-state index contributed by atoms with van der Waals surface area (Å²) in [5, 5.41) is 0. The SMILES string of the molecule is COc1ccc(C(=O)OCC(=O)N(C)Cc2ccccc2)cc1S(=O)(=O)N1CCCC1. The standard InChI is InChI=1S/C22H26N2O6S/c1-23(15-17-8-4-3-5-9-17)21(25)16-30-22(26)18-10-11-19(29-2)20(14-18)31(27,28)24-12-6-7-13-24/h3-5,8-11,14H,6-7,12-13,15-16H2,1-2H3. The Balaban J connectivity index is 1.68. The van der Waals surface area contributed by atoms with E-state index in [1.165, 1.54) is 34.5 Å². The Kier molecular flexibility index (Phi) is 7.29. The number of esters is 1. The van der Waals surface area contributed by atoms with Crippen molar-refractivity contribution in [3.63, 3.8) is 0 Å². The summed E-state index contributed by atoms with van der Waals surface area (Å²) in [4.78, 5) is 26.2. The van der Waals surface area contributed by atoms with Crippen LogP contribution in [0.2, 0.25) is 0 Å². The summed E-state index contributed by atoms with van der Waals surface area (Å²) in [6.07, 6.45) is 1.59. The first-order chi connectivity index (χ1) is 14.8. The Labute approximate surface area is 182 Å². The van der Waals surface area contributed by atoms with Crippen molar-refractivity contribution in [3.8, 4) is 5.75 Å². The third-order valence-electron chi connectivity index (χ3n) is 5.10. The van der Waals surface area contributed by atoms with Crippen LogP contribution in [0, 0.1) is 0 Å². The Hall–Kier alpha value is -2.91. The summed E-state index contributed by atoms with van der Waals surface area (Å²) in [6.45, 7) is 0.811. The van der Waals surface area contributed by atoms with Gasteiger partial charge >= 0.3 is 5.97 Å². The summed E-state index contributed by atoms with van der Waals surface area (Å²) in [5.41, 5.74) is 0.994. The number of ether oxygens (including phenoxy) is 2. The molecule has 166 valence electrons. The maximum Gasteiger partial charge on any atom is 0.338 e. The van der Waals surface area contributed by atoms with Crippen molar-refractivity contribution in [1.82, 2.24) is 9.21 Å². The second kappa shape index (κ2) is 9.93. The number of hydrogen-bond donors (Lipinski definition) is 0.